The molecule has 0 unspecified atom stereocenters. The Hall–Kier alpha value is -3.34. The third kappa shape index (κ3) is 5.77. The number of benzene rings is 1. The number of nitrogens with two attached hydrogens (primary N) is 1. The molecule has 1 aromatic carbocycles. The molecule has 3 rings (SSSR count). The molecule has 3 N–H and O–H groups in total. The maximum atomic E-state index is 13.2. The van der Waals surface area contributed by atoms with Crippen molar-refractivity contribution in [2.75, 3.05) is 17.7 Å². The number of ketones is 1. The summed E-state index contributed by atoms with van der Waals surface area (Å²) in [6, 6.07) is 7.13. The lowest BCUT2D eigenvalue weighted by Gasteiger charge is -2.08. The molecule has 0 saturated carbocycles. The number of pyridine rings is 1. The van der Waals surface area contributed by atoms with Crippen molar-refractivity contribution >= 4 is 64.0 Å². The maximum absolute atomic E-state index is 13.2. The van der Waals surface area contributed by atoms with Gasteiger partial charge < -0.3 is 15.8 Å². The lowest BCUT2D eigenvalue weighted by molar-refractivity contribution is -0.143. The average molecular weight is 527 g/mol. The Morgan fingerprint density at radius 1 is 1.12 bits per heavy atom. The van der Waals surface area contributed by atoms with Crippen LogP contribution in [0.4, 0.5) is 11.5 Å². The smallest absolute Gasteiger partial charge is 0.329 e. The Kier molecular flexibility index (Phi) is 7.98. The number of aromatic nitrogens is 3. The van der Waals surface area contributed by atoms with Crippen LogP contribution < -0.4 is 16.7 Å². The zero-order chi connectivity index (χ0) is 25.0. The van der Waals surface area contributed by atoms with Crippen molar-refractivity contribution in [1.82, 2.24) is 14.1 Å². The third-order valence-corrected chi connectivity index (χ3v) is 5.27. The fraction of sp³-hybridized carbons (Fsp3) is 0.190. The summed E-state index contributed by atoms with van der Waals surface area (Å²) >= 11 is 17.9. The van der Waals surface area contributed by atoms with Crippen LogP contribution in [0.3, 0.4) is 0 Å². The molecule has 34 heavy (non-hydrogen) atoms. The number of nitrogen functional groups attached to an aromatic ring is 1. The van der Waals surface area contributed by atoms with E-state index in [0.29, 0.717) is 5.02 Å². The number of hydrogen-bond donors (Lipinski definition) is 2. The number of nitrogens with zero attached hydrogens (tertiary/aromatic N) is 3. The summed E-state index contributed by atoms with van der Waals surface area (Å²) in [6.07, 6.45) is 1.16. The second kappa shape index (κ2) is 10.7. The van der Waals surface area contributed by atoms with Crippen molar-refractivity contribution in [2.45, 2.75) is 20.0 Å². The van der Waals surface area contributed by atoms with Crippen molar-refractivity contribution in [3.8, 4) is 0 Å². The first-order valence-corrected chi connectivity index (χ1v) is 10.9. The van der Waals surface area contributed by atoms with Gasteiger partial charge in [0.15, 0.2) is 5.82 Å². The van der Waals surface area contributed by atoms with Crippen molar-refractivity contribution in [3.63, 3.8) is 0 Å². The van der Waals surface area contributed by atoms with Gasteiger partial charge in [0.2, 0.25) is 11.7 Å². The molecule has 0 aliphatic heterocycles. The number of carbonyl (C=O) groups excluding carboxylic acids is 3. The van der Waals surface area contributed by atoms with Gasteiger partial charge in [0.05, 0.1) is 17.3 Å². The summed E-state index contributed by atoms with van der Waals surface area (Å²) in [5.41, 5.74) is 5.04. The highest BCUT2D eigenvalue weighted by Gasteiger charge is 2.24. The predicted octanol–water partition coefficient (Wildman–Crippen LogP) is 3.02. The van der Waals surface area contributed by atoms with E-state index in [2.05, 4.69) is 10.3 Å². The number of carbonyl (C=O) groups is 3. The molecule has 0 bridgehead atoms. The number of halogens is 3. The van der Waals surface area contributed by atoms with Crippen LogP contribution in [0.25, 0.3) is 0 Å². The van der Waals surface area contributed by atoms with E-state index in [-0.39, 0.29) is 39.5 Å². The van der Waals surface area contributed by atoms with Crippen molar-refractivity contribution in [3.05, 3.63) is 73.5 Å². The van der Waals surface area contributed by atoms with Crippen LogP contribution in [0.1, 0.15) is 23.0 Å². The van der Waals surface area contributed by atoms with E-state index >= 15 is 0 Å². The summed E-state index contributed by atoms with van der Waals surface area (Å²) in [6.45, 7) is 0.635. The number of hydrogen-bond acceptors (Lipinski definition) is 7. The predicted molar refractivity (Wildman–Crippen MR) is 128 cm³/mol. The Morgan fingerprint density at radius 3 is 2.53 bits per heavy atom. The minimum absolute atomic E-state index is 0.0146. The quantitative estimate of drug-likeness (QED) is 0.261. The Morgan fingerprint density at radius 2 is 1.85 bits per heavy atom. The van der Waals surface area contributed by atoms with E-state index in [0.717, 1.165) is 15.3 Å². The van der Waals surface area contributed by atoms with Gasteiger partial charge in [-0.1, -0.05) is 34.8 Å². The molecule has 2 heterocycles. The molecule has 0 atom stereocenters. The summed E-state index contributed by atoms with van der Waals surface area (Å²) in [7, 11) is 0. The van der Waals surface area contributed by atoms with Crippen LogP contribution in [-0.4, -0.2) is 38.4 Å². The average Bonchev–Trinajstić information content (AvgIpc) is 3.05. The van der Waals surface area contributed by atoms with Gasteiger partial charge in [0.1, 0.15) is 23.9 Å². The molecule has 178 valence electrons. The van der Waals surface area contributed by atoms with E-state index in [9.17, 15) is 19.2 Å². The van der Waals surface area contributed by atoms with Gasteiger partial charge in [0.25, 0.3) is 0 Å². The zero-order valence-electron chi connectivity index (χ0n) is 17.7. The lowest BCUT2D eigenvalue weighted by Crippen LogP contribution is -2.32. The van der Waals surface area contributed by atoms with Gasteiger partial charge in [-0.05, 0) is 37.3 Å². The second-order valence-electron chi connectivity index (χ2n) is 6.89. The van der Waals surface area contributed by atoms with E-state index in [4.69, 9.17) is 45.3 Å². The fourth-order valence-electron chi connectivity index (χ4n) is 3.00. The number of esters is 1. The maximum Gasteiger partial charge on any atom is 0.329 e. The number of ether oxygens (including phenoxy) is 1. The normalized spacial score (nSPS) is 10.7. The molecule has 10 nitrogen and oxygen atoms in total. The highest BCUT2D eigenvalue weighted by Crippen LogP contribution is 2.23. The number of anilines is 2. The first-order valence-electron chi connectivity index (χ1n) is 9.78. The Labute approximate surface area is 208 Å². The Bertz CT molecular complexity index is 1330. The monoisotopic (exact) mass is 525 g/mol. The van der Waals surface area contributed by atoms with Crippen LogP contribution in [0.2, 0.25) is 15.2 Å². The molecule has 0 fully saturated rings. The van der Waals surface area contributed by atoms with Gasteiger partial charge in [-0.3, -0.25) is 23.5 Å². The number of amides is 1. The van der Waals surface area contributed by atoms with Crippen molar-refractivity contribution in [2.24, 2.45) is 0 Å². The molecule has 2 aromatic heterocycles. The standard InChI is InChI=1S/C21H18Cl3N5O5/c1-2-34-18(31)10-29-15(19(32)12-4-3-11(22)7-13(12)23)8-28(21(29)33)9-17(30)27-20-14(25)5-6-16(24)26-20/h3-8H,2,9-10,25H2,1H3,(H,26,27,30). The summed E-state index contributed by atoms with van der Waals surface area (Å²) < 4.78 is 6.77. The molecule has 3 aromatic rings. The van der Waals surface area contributed by atoms with E-state index in [1.165, 1.54) is 30.3 Å². The molecule has 13 heteroatoms. The molecule has 0 aliphatic carbocycles. The number of imidazole rings is 1. The van der Waals surface area contributed by atoms with Crippen LogP contribution in [0.15, 0.2) is 41.3 Å². The minimum atomic E-state index is -0.788. The van der Waals surface area contributed by atoms with Crippen LogP contribution in [-0.2, 0) is 27.4 Å². The van der Waals surface area contributed by atoms with Crippen LogP contribution >= 0.6 is 34.8 Å². The topological polar surface area (TPSA) is 138 Å². The molecule has 0 saturated heterocycles. The van der Waals surface area contributed by atoms with Crippen LogP contribution in [0, 0.1) is 0 Å². The van der Waals surface area contributed by atoms with Crippen LogP contribution in [0.5, 0.6) is 0 Å². The molecule has 0 aliphatic rings. The van der Waals surface area contributed by atoms with E-state index < -0.39 is 36.4 Å². The van der Waals surface area contributed by atoms with Gasteiger partial charge in [-0.15, -0.1) is 0 Å². The summed E-state index contributed by atoms with van der Waals surface area (Å²) in [4.78, 5) is 54.7. The third-order valence-electron chi connectivity index (χ3n) is 4.51. The Balaban J connectivity index is 1.96. The van der Waals surface area contributed by atoms with E-state index in [1.54, 1.807) is 6.92 Å². The highest BCUT2D eigenvalue weighted by atomic mass is 35.5. The van der Waals surface area contributed by atoms with Gasteiger partial charge in [-0.2, -0.15) is 0 Å². The molecule has 0 radical (unpaired) electrons. The zero-order valence-corrected chi connectivity index (χ0v) is 19.9. The minimum Gasteiger partial charge on any atom is -0.465 e. The van der Waals surface area contributed by atoms with Gasteiger partial charge in [0, 0.05) is 16.8 Å². The summed E-state index contributed by atoms with van der Waals surface area (Å²) in [5.74, 6) is -2.04. The first-order chi connectivity index (χ1) is 16.1. The summed E-state index contributed by atoms with van der Waals surface area (Å²) in [5, 5.41) is 2.93. The first kappa shape index (κ1) is 25.3. The number of nitrogens with one attached hydrogen (secondary N) is 1. The van der Waals surface area contributed by atoms with Crippen molar-refractivity contribution < 1.29 is 19.1 Å². The highest BCUT2D eigenvalue weighted by molar-refractivity contribution is 6.37. The largest absolute Gasteiger partial charge is 0.465 e. The lowest BCUT2D eigenvalue weighted by atomic mass is 10.1. The SMILES string of the molecule is CCOC(=O)Cn1c(C(=O)c2ccc(Cl)cc2Cl)cn(CC(=O)Nc2nc(Cl)ccc2N)c1=O. The molecular weight excluding hydrogens is 509 g/mol. The second-order valence-corrected chi connectivity index (χ2v) is 8.12. The fourth-order valence-corrected chi connectivity index (χ4v) is 3.64. The molecular formula is C21H18Cl3N5O5. The number of rotatable bonds is 8. The van der Waals surface area contributed by atoms with E-state index in [1.807, 2.05) is 0 Å². The van der Waals surface area contributed by atoms with Gasteiger partial charge in [-0.25, -0.2) is 9.78 Å². The van der Waals surface area contributed by atoms with Crippen molar-refractivity contribution in [1.29, 1.82) is 0 Å². The van der Waals surface area contributed by atoms with Gasteiger partial charge >= 0.3 is 11.7 Å². The molecule has 0 spiro atoms. The molecule has 1 amide bonds.